The van der Waals surface area contributed by atoms with Gasteiger partial charge in [-0.1, -0.05) is 0 Å². The summed E-state index contributed by atoms with van der Waals surface area (Å²) >= 11 is 1.29. The van der Waals surface area contributed by atoms with Gasteiger partial charge in [-0.2, -0.15) is 0 Å². The first-order valence-electron chi connectivity index (χ1n) is 0.327. The summed E-state index contributed by atoms with van der Waals surface area (Å²) in [6.45, 7) is 0. The molecule has 25 valence electrons. The molecule has 0 N–H and O–H groups in total. The Morgan fingerprint density at radius 1 is 1.25 bits per heavy atom. The van der Waals surface area contributed by atoms with Crippen LogP contribution in [0.2, 0.25) is 0 Å². The van der Waals surface area contributed by atoms with Crippen LogP contribution in [0.25, 0.3) is 0 Å². The standard InChI is InChI=1S/2O.Ru.Ta. The van der Waals surface area contributed by atoms with Gasteiger partial charge in [-0.15, -0.1) is 0 Å². The van der Waals surface area contributed by atoms with Gasteiger partial charge in [0.15, 0.2) is 0 Å². The summed E-state index contributed by atoms with van der Waals surface area (Å²) in [5.74, 6) is 0. The monoisotopic (exact) mass is 315 g/mol. The van der Waals surface area contributed by atoms with Crippen LogP contribution in [-0.4, -0.2) is 0 Å². The molecule has 0 saturated heterocycles. The van der Waals surface area contributed by atoms with Crippen LogP contribution < -0.4 is 0 Å². The van der Waals surface area contributed by atoms with Gasteiger partial charge in [0.2, 0.25) is 0 Å². The summed E-state index contributed by atoms with van der Waals surface area (Å²) in [5, 5.41) is 0. The van der Waals surface area contributed by atoms with Gasteiger partial charge < -0.3 is 0 Å². The number of rotatable bonds is 0. The van der Waals surface area contributed by atoms with Crippen molar-refractivity contribution >= 4 is 0 Å². The molecule has 0 fully saturated rings. The SMILES string of the molecule is [O]=[Ru].[O]=[Ta]. The summed E-state index contributed by atoms with van der Waals surface area (Å²) < 4.78 is 16.5. The number of hydrogen-bond donors (Lipinski definition) is 0. The molecule has 0 bridgehead atoms. The zero-order chi connectivity index (χ0) is 4.00. The Morgan fingerprint density at radius 3 is 1.25 bits per heavy atom. The maximum absolute atomic E-state index is 8.36. The molecule has 0 radical (unpaired) electrons. The Bertz CT molecular complexity index is 8.00. The van der Waals surface area contributed by atoms with Crippen LogP contribution in [-0.2, 0) is 46.1 Å². The van der Waals surface area contributed by atoms with E-state index < -0.39 is 0 Å². The van der Waals surface area contributed by atoms with Gasteiger partial charge in [-0.3, -0.25) is 0 Å². The van der Waals surface area contributed by atoms with Gasteiger partial charge >= 0.3 is 46.1 Å². The van der Waals surface area contributed by atoms with Crippen LogP contribution in [0.15, 0.2) is 0 Å². The van der Waals surface area contributed by atoms with Crippen molar-refractivity contribution in [2.24, 2.45) is 0 Å². The molecule has 0 heterocycles. The van der Waals surface area contributed by atoms with Crippen molar-refractivity contribution in [1.82, 2.24) is 0 Å². The van der Waals surface area contributed by atoms with Crippen molar-refractivity contribution in [1.29, 1.82) is 0 Å². The molecule has 0 aromatic carbocycles. The van der Waals surface area contributed by atoms with Gasteiger partial charge in [0.05, 0.1) is 0 Å². The van der Waals surface area contributed by atoms with Crippen LogP contribution in [0.5, 0.6) is 0 Å². The molecule has 0 aliphatic heterocycles. The van der Waals surface area contributed by atoms with E-state index in [0.29, 0.717) is 0 Å². The fourth-order valence-electron chi connectivity index (χ4n) is 0. The Labute approximate surface area is 46.2 Å². The first kappa shape index (κ1) is 8.88. The topological polar surface area (TPSA) is 34.1 Å². The predicted molar refractivity (Wildman–Crippen MR) is 1.37 cm³/mol. The minimum absolute atomic E-state index is 0.194. The fraction of sp³-hybridized carbons (Fsp3) is 0. The average molecular weight is 314 g/mol. The molecular formula is O2RuTa. The van der Waals surface area contributed by atoms with E-state index in [1.165, 1.54) is 0 Å². The Hall–Kier alpha value is 0.964. The Kier molecular flexibility index (Phi) is 83.2. The maximum atomic E-state index is 8.36. The molecule has 0 aromatic rings. The van der Waals surface area contributed by atoms with Gasteiger partial charge in [0, 0.05) is 0 Å². The van der Waals surface area contributed by atoms with E-state index in [0.717, 1.165) is 18.3 Å². The van der Waals surface area contributed by atoms with E-state index in [1.807, 2.05) is 0 Å². The van der Waals surface area contributed by atoms with E-state index in [1.54, 1.807) is 0 Å². The zero-order valence-corrected chi connectivity index (χ0v) is 6.57. The third-order valence-corrected chi connectivity index (χ3v) is 0. The van der Waals surface area contributed by atoms with Crippen molar-refractivity contribution in [3.05, 3.63) is 0 Å². The van der Waals surface area contributed by atoms with Crippen molar-refractivity contribution in [3.8, 4) is 0 Å². The Balaban J connectivity index is 0. The molecule has 0 aromatic heterocycles. The summed E-state index contributed by atoms with van der Waals surface area (Å²) in [6.07, 6.45) is 0. The van der Waals surface area contributed by atoms with Crippen LogP contribution in [0.4, 0.5) is 0 Å². The van der Waals surface area contributed by atoms with E-state index in [-0.39, 0.29) is 21.0 Å². The molecule has 4 heavy (non-hydrogen) atoms. The second-order valence-electron chi connectivity index (χ2n) is 0. The average Bonchev–Trinajstić information content (AvgIpc) is 1.50. The molecular weight excluding hydrogens is 314 g/mol. The summed E-state index contributed by atoms with van der Waals surface area (Å²) in [7, 11) is 0. The van der Waals surface area contributed by atoms with E-state index in [4.69, 9.17) is 6.82 Å². The van der Waals surface area contributed by atoms with Crippen molar-refractivity contribution in [3.63, 3.8) is 0 Å². The first-order chi connectivity index (χ1) is 2.00. The summed E-state index contributed by atoms with van der Waals surface area (Å²) in [5.41, 5.74) is 0. The third kappa shape index (κ3) is 12.3. The molecule has 0 aliphatic rings. The van der Waals surface area contributed by atoms with E-state index in [9.17, 15) is 0 Å². The van der Waals surface area contributed by atoms with Gasteiger partial charge in [-0.05, 0) is 0 Å². The van der Waals surface area contributed by atoms with Crippen LogP contribution in [0, 0.1) is 0 Å². The van der Waals surface area contributed by atoms with Crippen molar-refractivity contribution < 1.29 is 46.1 Å². The first-order valence-corrected chi connectivity index (χ1v) is 2.35. The molecule has 0 atom stereocenters. The third-order valence-electron chi connectivity index (χ3n) is 0. The molecule has 0 spiro atoms. The second-order valence-corrected chi connectivity index (χ2v) is 0. The van der Waals surface area contributed by atoms with E-state index >= 15 is 0 Å². The molecule has 0 unspecified atom stereocenters. The quantitative estimate of drug-likeness (QED) is 0.578. The van der Waals surface area contributed by atoms with Gasteiger partial charge in [0.1, 0.15) is 0 Å². The van der Waals surface area contributed by atoms with E-state index in [2.05, 4.69) is 0 Å². The molecule has 2 nitrogen and oxygen atoms in total. The van der Waals surface area contributed by atoms with Crippen molar-refractivity contribution in [2.45, 2.75) is 0 Å². The molecule has 0 aliphatic carbocycles. The van der Waals surface area contributed by atoms with Gasteiger partial charge in [-0.25, -0.2) is 0 Å². The zero-order valence-electron chi connectivity index (χ0n) is 1.62. The predicted octanol–water partition coefficient (Wildman–Crippen LogP) is -0.243. The molecule has 0 saturated carbocycles. The number of hydrogen-bond acceptors (Lipinski definition) is 2. The summed E-state index contributed by atoms with van der Waals surface area (Å²) in [4.78, 5) is 0. The minimum atomic E-state index is 0.194. The van der Waals surface area contributed by atoms with Crippen LogP contribution in [0.1, 0.15) is 0 Å². The van der Waals surface area contributed by atoms with Gasteiger partial charge in [0.25, 0.3) is 0 Å². The normalized spacial score (nSPS) is 2.00. The van der Waals surface area contributed by atoms with Crippen LogP contribution >= 0.6 is 0 Å². The summed E-state index contributed by atoms with van der Waals surface area (Å²) in [6, 6.07) is 0. The van der Waals surface area contributed by atoms with Crippen LogP contribution in [0.3, 0.4) is 0 Å². The molecule has 4 heteroatoms. The van der Waals surface area contributed by atoms with Crippen molar-refractivity contribution in [2.75, 3.05) is 0 Å². The molecule has 0 amide bonds. The Morgan fingerprint density at radius 2 is 1.25 bits per heavy atom. The molecule has 0 rings (SSSR count). The second kappa shape index (κ2) is 37.5. The fourth-order valence-corrected chi connectivity index (χ4v) is 0.